The van der Waals surface area contributed by atoms with E-state index < -0.39 is 46.4 Å². The molecule has 2 rings (SSSR count). The molecule has 0 spiro atoms. The average molecular weight is 281 g/mol. The Labute approximate surface area is 106 Å². The van der Waals surface area contributed by atoms with Gasteiger partial charge in [0.2, 0.25) is 29.1 Å². The van der Waals surface area contributed by atoms with Crippen LogP contribution in [-0.4, -0.2) is 12.1 Å². The molecule has 1 aromatic carbocycles. The smallest absolute Gasteiger partial charge is 0.207 e. The Morgan fingerprint density at radius 2 is 1.37 bits per heavy atom. The summed E-state index contributed by atoms with van der Waals surface area (Å²) in [6.07, 6.45) is -0.414. The highest BCUT2D eigenvalue weighted by Crippen LogP contribution is 2.43. The fourth-order valence-corrected chi connectivity index (χ4v) is 1.95. The molecule has 2 nitrogen and oxygen atoms in total. The van der Waals surface area contributed by atoms with Gasteiger partial charge in [0.1, 0.15) is 6.10 Å². The van der Waals surface area contributed by atoms with Crippen LogP contribution in [0.3, 0.4) is 0 Å². The van der Waals surface area contributed by atoms with Crippen LogP contribution < -0.4 is 10.5 Å². The SMILES string of the molecule is CC1(C)C(N)CC1Oc1c(F)c(F)c(F)c(F)c1F. The molecule has 0 aromatic heterocycles. The van der Waals surface area contributed by atoms with Crippen molar-refractivity contribution in [1.82, 2.24) is 0 Å². The maximum Gasteiger partial charge on any atom is 0.207 e. The monoisotopic (exact) mass is 281 g/mol. The lowest BCUT2D eigenvalue weighted by Crippen LogP contribution is -2.60. The van der Waals surface area contributed by atoms with Gasteiger partial charge in [0.15, 0.2) is 5.75 Å². The minimum Gasteiger partial charge on any atom is -0.484 e. The molecular formula is C12H12F5NO. The fourth-order valence-electron chi connectivity index (χ4n) is 1.95. The number of hydrogen-bond acceptors (Lipinski definition) is 2. The van der Waals surface area contributed by atoms with Crippen molar-refractivity contribution < 1.29 is 26.7 Å². The predicted octanol–water partition coefficient (Wildman–Crippen LogP) is 2.89. The van der Waals surface area contributed by atoms with Crippen molar-refractivity contribution in [2.75, 3.05) is 0 Å². The fraction of sp³-hybridized carbons (Fsp3) is 0.500. The van der Waals surface area contributed by atoms with Crippen LogP contribution in [0.1, 0.15) is 20.3 Å². The van der Waals surface area contributed by atoms with Crippen molar-refractivity contribution in [2.45, 2.75) is 32.4 Å². The maximum atomic E-state index is 13.4. The first-order chi connectivity index (χ1) is 8.67. The van der Waals surface area contributed by atoms with Gasteiger partial charge in [-0.25, -0.2) is 13.2 Å². The Kier molecular flexibility index (Phi) is 3.20. The Morgan fingerprint density at radius 1 is 0.947 bits per heavy atom. The van der Waals surface area contributed by atoms with E-state index in [1.165, 1.54) is 0 Å². The number of benzene rings is 1. The van der Waals surface area contributed by atoms with Crippen LogP contribution in [0, 0.1) is 34.5 Å². The van der Waals surface area contributed by atoms with Crippen LogP contribution in [0.5, 0.6) is 5.75 Å². The molecule has 2 unspecified atom stereocenters. The molecule has 7 heteroatoms. The van der Waals surface area contributed by atoms with Gasteiger partial charge in [-0.05, 0) is 0 Å². The molecule has 0 bridgehead atoms. The second-order valence-electron chi connectivity index (χ2n) is 5.17. The van der Waals surface area contributed by atoms with E-state index in [2.05, 4.69) is 0 Å². The lowest BCUT2D eigenvalue weighted by atomic mass is 9.65. The Hall–Kier alpha value is -1.37. The molecule has 0 aliphatic heterocycles. The molecule has 2 N–H and O–H groups in total. The summed E-state index contributed by atoms with van der Waals surface area (Å²) in [4.78, 5) is 0. The van der Waals surface area contributed by atoms with Gasteiger partial charge in [0.25, 0.3) is 0 Å². The van der Waals surface area contributed by atoms with Crippen LogP contribution in [0.2, 0.25) is 0 Å². The highest BCUT2D eigenvalue weighted by Gasteiger charge is 2.48. The molecule has 1 aliphatic rings. The third kappa shape index (κ3) is 1.96. The van der Waals surface area contributed by atoms with Crippen molar-refractivity contribution >= 4 is 0 Å². The number of nitrogens with two attached hydrogens (primary N) is 1. The summed E-state index contributed by atoms with van der Waals surface area (Å²) < 4.78 is 70.5. The van der Waals surface area contributed by atoms with Crippen molar-refractivity contribution in [1.29, 1.82) is 0 Å². The van der Waals surface area contributed by atoms with Gasteiger partial charge < -0.3 is 10.5 Å². The van der Waals surface area contributed by atoms with E-state index in [1.807, 2.05) is 0 Å². The second-order valence-corrected chi connectivity index (χ2v) is 5.17. The van der Waals surface area contributed by atoms with E-state index in [4.69, 9.17) is 10.5 Å². The van der Waals surface area contributed by atoms with Gasteiger partial charge in [0.05, 0.1) is 0 Å². The zero-order valence-electron chi connectivity index (χ0n) is 10.2. The molecule has 2 atom stereocenters. The molecule has 0 amide bonds. The number of halogens is 5. The number of ether oxygens (including phenoxy) is 1. The van der Waals surface area contributed by atoms with Crippen LogP contribution in [0.15, 0.2) is 0 Å². The normalized spacial score (nSPS) is 25.1. The predicted molar refractivity (Wildman–Crippen MR) is 57.0 cm³/mol. The van der Waals surface area contributed by atoms with Crippen molar-refractivity contribution in [3.8, 4) is 5.75 Å². The van der Waals surface area contributed by atoms with Crippen LogP contribution in [0.25, 0.3) is 0 Å². The molecule has 106 valence electrons. The van der Waals surface area contributed by atoms with Crippen molar-refractivity contribution in [3.63, 3.8) is 0 Å². The molecule has 1 aliphatic carbocycles. The summed E-state index contributed by atoms with van der Waals surface area (Å²) in [6, 6.07) is -0.251. The summed E-state index contributed by atoms with van der Waals surface area (Å²) in [5, 5.41) is 0. The molecule has 0 saturated heterocycles. The average Bonchev–Trinajstić information content (AvgIpc) is 2.37. The zero-order valence-corrected chi connectivity index (χ0v) is 10.2. The minimum absolute atomic E-state index is 0.251. The third-order valence-corrected chi connectivity index (χ3v) is 3.68. The third-order valence-electron chi connectivity index (χ3n) is 3.68. The largest absolute Gasteiger partial charge is 0.484 e. The molecule has 0 heterocycles. The van der Waals surface area contributed by atoms with Crippen molar-refractivity contribution in [3.05, 3.63) is 29.1 Å². The van der Waals surface area contributed by atoms with E-state index in [0.29, 0.717) is 0 Å². The van der Waals surface area contributed by atoms with Gasteiger partial charge >= 0.3 is 0 Å². The zero-order chi connectivity index (χ0) is 14.5. The number of hydrogen-bond donors (Lipinski definition) is 1. The summed E-state index contributed by atoms with van der Waals surface area (Å²) in [5.74, 6) is -11.4. The first kappa shape index (κ1) is 14.0. The minimum atomic E-state index is -2.20. The molecule has 1 aromatic rings. The van der Waals surface area contributed by atoms with E-state index in [9.17, 15) is 22.0 Å². The summed E-state index contributed by atoms with van der Waals surface area (Å²) in [7, 11) is 0. The Balaban J connectivity index is 2.37. The van der Waals surface area contributed by atoms with Crippen molar-refractivity contribution in [2.24, 2.45) is 11.1 Å². The lowest BCUT2D eigenvalue weighted by Gasteiger charge is -2.49. The summed E-state index contributed by atoms with van der Waals surface area (Å²) in [6.45, 7) is 3.38. The van der Waals surface area contributed by atoms with Gasteiger partial charge in [-0.15, -0.1) is 0 Å². The summed E-state index contributed by atoms with van der Waals surface area (Å²) >= 11 is 0. The quantitative estimate of drug-likeness (QED) is 0.514. The van der Waals surface area contributed by atoms with Gasteiger partial charge in [-0.2, -0.15) is 8.78 Å². The Morgan fingerprint density at radius 3 is 1.74 bits per heavy atom. The van der Waals surface area contributed by atoms with Crippen LogP contribution in [0.4, 0.5) is 22.0 Å². The topological polar surface area (TPSA) is 35.2 Å². The van der Waals surface area contributed by atoms with E-state index in [-0.39, 0.29) is 12.5 Å². The standard InChI is InChI=1S/C12H12F5NO/c1-12(2)4(18)3-5(12)19-11-9(16)7(14)6(13)8(15)10(11)17/h4-5H,3,18H2,1-2H3. The number of rotatable bonds is 2. The first-order valence-electron chi connectivity index (χ1n) is 5.61. The maximum absolute atomic E-state index is 13.4. The first-order valence-corrected chi connectivity index (χ1v) is 5.61. The van der Waals surface area contributed by atoms with Gasteiger partial charge in [0, 0.05) is 17.9 Å². The van der Waals surface area contributed by atoms with E-state index in [0.717, 1.165) is 0 Å². The van der Waals surface area contributed by atoms with Gasteiger partial charge in [-0.1, -0.05) is 13.8 Å². The van der Waals surface area contributed by atoms with E-state index >= 15 is 0 Å². The molecule has 0 radical (unpaired) electrons. The highest BCUT2D eigenvalue weighted by atomic mass is 19.2. The molecule has 1 fully saturated rings. The van der Waals surface area contributed by atoms with Gasteiger partial charge in [-0.3, -0.25) is 0 Å². The Bertz CT molecular complexity index is 502. The molecule has 19 heavy (non-hydrogen) atoms. The van der Waals surface area contributed by atoms with Crippen LogP contribution >= 0.6 is 0 Å². The second kappa shape index (κ2) is 4.33. The van der Waals surface area contributed by atoms with E-state index in [1.54, 1.807) is 13.8 Å². The highest BCUT2D eigenvalue weighted by molar-refractivity contribution is 5.30. The van der Waals surface area contributed by atoms with Crippen LogP contribution in [-0.2, 0) is 0 Å². The lowest BCUT2D eigenvalue weighted by molar-refractivity contribution is -0.0447. The molecular weight excluding hydrogens is 269 g/mol. The summed E-state index contributed by atoms with van der Waals surface area (Å²) in [5.41, 5.74) is 5.09. The molecule has 1 saturated carbocycles.